The summed E-state index contributed by atoms with van der Waals surface area (Å²) in [5.41, 5.74) is 0. The van der Waals surface area contributed by atoms with Crippen molar-refractivity contribution in [3.8, 4) is 0 Å². The van der Waals surface area contributed by atoms with E-state index in [9.17, 15) is 9.90 Å². The molecule has 1 saturated carbocycles. The molecule has 3 aliphatic rings. The number of aliphatic hydroxyl groups is 1. The molecule has 0 radical (unpaired) electrons. The number of carbonyl (C=O) groups excluding carboxylic acids is 1. The Balaban J connectivity index is 1.63. The first kappa shape index (κ1) is 10.9. The number of hydrogen-bond donors (Lipinski definition) is 1. The summed E-state index contributed by atoms with van der Waals surface area (Å²) in [7, 11) is 0. The van der Waals surface area contributed by atoms with Crippen LogP contribution in [0, 0.1) is 11.8 Å². The number of amides is 1. The summed E-state index contributed by atoms with van der Waals surface area (Å²) in [5, 5.41) is 10.0. The van der Waals surface area contributed by atoms with E-state index in [1.54, 1.807) is 0 Å². The van der Waals surface area contributed by atoms with Crippen LogP contribution in [0.4, 0.5) is 0 Å². The first-order valence-electron chi connectivity index (χ1n) is 6.34. The van der Waals surface area contributed by atoms with Crippen LogP contribution in [0.15, 0.2) is 0 Å². The third-order valence-corrected chi connectivity index (χ3v) is 5.70. The van der Waals surface area contributed by atoms with Gasteiger partial charge in [-0.3, -0.25) is 4.79 Å². The van der Waals surface area contributed by atoms with Gasteiger partial charge in [-0.05, 0) is 37.4 Å². The lowest BCUT2D eigenvalue weighted by Gasteiger charge is -2.21. The Morgan fingerprint density at radius 1 is 1.25 bits per heavy atom. The van der Waals surface area contributed by atoms with E-state index in [1.807, 2.05) is 16.7 Å². The van der Waals surface area contributed by atoms with Crippen molar-refractivity contribution in [2.45, 2.75) is 37.0 Å². The minimum Gasteiger partial charge on any atom is -0.393 e. The molecular weight excluding hydrogens is 222 g/mol. The maximum Gasteiger partial charge on any atom is 0.235 e. The highest BCUT2D eigenvalue weighted by atomic mass is 32.2. The number of thioether (sulfide) groups is 1. The predicted octanol–water partition coefficient (Wildman–Crippen LogP) is 1.11. The van der Waals surface area contributed by atoms with Crippen LogP contribution >= 0.6 is 11.8 Å². The average Bonchev–Trinajstić information content (AvgIpc) is 2.96. The molecule has 1 aliphatic carbocycles. The van der Waals surface area contributed by atoms with Crippen LogP contribution in [0.2, 0.25) is 0 Å². The number of rotatable bonds is 1. The zero-order valence-corrected chi connectivity index (χ0v) is 10.3. The van der Waals surface area contributed by atoms with Gasteiger partial charge in [0, 0.05) is 19.0 Å². The van der Waals surface area contributed by atoms with Gasteiger partial charge in [-0.2, -0.15) is 0 Å². The van der Waals surface area contributed by atoms with E-state index in [4.69, 9.17) is 0 Å². The standard InChI is InChI=1S/C12H19NO2S/c14-10-4-3-8-6-13(7-9(8)10)12(15)11-2-1-5-16-11/h8-11,14H,1-7H2. The molecule has 3 nitrogen and oxygen atoms in total. The van der Waals surface area contributed by atoms with Crippen LogP contribution in [-0.2, 0) is 4.79 Å². The second kappa shape index (κ2) is 4.22. The van der Waals surface area contributed by atoms with Crippen LogP contribution in [0.1, 0.15) is 25.7 Å². The molecule has 0 spiro atoms. The van der Waals surface area contributed by atoms with Crippen molar-refractivity contribution in [3.63, 3.8) is 0 Å². The molecule has 2 saturated heterocycles. The molecule has 3 fully saturated rings. The van der Waals surface area contributed by atoms with E-state index < -0.39 is 0 Å². The van der Waals surface area contributed by atoms with Crippen LogP contribution in [0.25, 0.3) is 0 Å². The van der Waals surface area contributed by atoms with Gasteiger partial charge >= 0.3 is 0 Å². The van der Waals surface area contributed by atoms with E-state index in [-0.39, 0.29) is 11.4 Å². The minimum absolute atomic E-state index is 0.154. The highest BCUT2D eigenvalue weighted by Gasteiger charge is 2.44. The van der Waals surface area contributed by atoms with Crippen LogP contribution in [-0.4, -0.2) is 46.1 Å². The Morgan fingerprint density at radius 3 is 2.81 bits per heavy atom. The van der Waals surface area contributed by atoms with Crippen molar-refractivity contribution in [1.29, 1.82) is 0 Å². The fourth-order valence-electron chi connectivity index (χ4n) is 3.39. The molecule has 0 aromatic rings. The van der Waals surface area contributed by atoms with Crippen molar-refractivity contribution in [2.24, 2.45) is 11.8 Å². The number of aliphatic hydroxyl groups excluding tert-OH is 1. The summed E-state index contributed by atoms with van der Waals surface area (Å²) in [6.07, 6.45) is 4.13. The summed E-state index contributed by atoms with van der Waals surface area (Å²) < 4.78 is 0. The van der Waals surface area contributed by atoms with E-state index in [1.165, 1.54) is 6.42 Å². The number of fused-ring (bicyclic) bond motifs is 1. The van der Waals surface area contributed by atoms with Crippen molar-refractivity contribution in [2.75, 3.05) is 18.8 Å². The van der Waals surface area contributed by atoms with Crippen molar-refractivity contribution < 1.29 is 9.90 Å². The quantitative estimate of drug-likeness (QED) is 0.747. The molecule has 1 N–H and O–H groups in total. The molecule has 0 aromatic carbocycles. The monoisotopic (exact) mass is 241 g/mol. The average molecular weight is 241 g/mol. The van der Waals surface area contributed by atoms with E-state index in [0.29, 0.717) is 17.7 Å². The largest absolute Gasteiger partial charge is 0.393 e. The fourth-order valence-corrected chi connectivity index (χ4v) is 4.64. The maximum atomic E-state index is 12.2. The second-order valence-corrected chi connectivity index (χ2v) is 6.62. The lowest BCUT2D eigenvalue weighted by Crippen LogP contribution is -2.36. The number of carbonyl (C=O) groups is 1. The maximum absolute atomic E-state index is 12.2. The Bertz CT molecular complexity index is 291. The Kier molecular flexibility index (Phi) is 2.88. The summed E-state index contributed by atoms with van der Waals surface area (Å²) in [5.74, 6) is 2.42. The van der Waals surface area contributed by atoms with Gasteiger partial charge < -0.3 is 10.0 Å². The molecule has 90 valence electrons. The normalized spacial score (nSPS) is 42.7. The fraction of sp³-hybridized carbons (Fsp3) is 0.917. The summed E-state index contributed by atoms with van der Waals surface area (Å²) >= 11 is 1.81. The molecule has 4 heteroatoms. The molecular formula is C12H19NO2S. The van der Waals surface area contributed by atoms with Gasteiger partial charge in [0.1, 0.15) is 0 Å². The zero-order valence-electron chi connectivity index (χ0n) is 9.47. The van der Waals surface area contributed by atoms with Gasteiger partial charge in [0.2, 0.25) is 5.91 Å². The molecule has 0 aromatic heterocycles. The van der Waals surface area contributed by atoms with Crippen molar-refractivity contribution in [3.05, 3.63) is 0 Å². The molecule has 2 heterocycles. The van der Waals surface area contributed by atoms with E-state index in [2.05, 4.69) is 0 Å². The van der Waals surface area contributed by atoms with Gasteiger partial charge in [-0.25, -0.2) is 0 Å². The Morgan fingerprint density at radius 2 is 2.12 bits per heavy atom. The lowest BCUT2D eigenvalue weighted by atomic mass is 10.00. The van der Waals surface area contributed by atoms with Crippen LogP contribution in [0.3, 0.4) is 0 Å². The Hall–Kier alpha value is -0.220. The highest BCUT2D eigenvalue weighted by Crippen LogP contribution is 2.39. The topological polar surface area (TPSA) is 40.5 Å². The molecule has 2 aliphatic heterocycles. The van der Waals surface area contributed by atoms with Crippen molar-refractivity contribution >= 4 is 17.7 Å². The number of likely N-dealkylation sites (tertiary alicyclic amines) is 1. The SMILES string of the molecule is O=C(C1CCCS1)N1CC2CCC(O)C2C1. The predicted molar refractivity (Wildman–Crippen MR) is 64.3 cm³/mol. The molecule has 3 rings (SSSR count). The minimum atomic E-state index is -0.154. The third-order valence-electron chi connectivity index (χ3n) is 4.34. The highest BCUT2D eigenvalue weighted by molar-refractivity contribution is 8.00. The smallest absolute Gasteiger partial charge is 0.235 e. The third kappa shape index (κ3) is 1.76. The first-order valence-corrected chi connectivity index (χ1v) is 7.39. The molecule has 0 bridgehead atoms. The van der Waals surface area contributed by atoms with Gasteiger partial charge in [-0.1, -0.05) is 0 Å². The van der Waals surface area contributed by atoms with Gasteiger partial charge in [0.15, 0.2) is 0 Å². The summed E-state index contributed by atoms with van der Waals surface area (Å²) in [6, 6.07) is 0. The lowest BCUT2D eigenvalue weighted by molar-refractivity contribution is -0.130. The number of hydrogen-bond acceptors (Lipinski definition) is 3. The second-order valence-electron chi connectivity index (χ2n) is 5.31. The van der Waals surface area contributed by atoms with E-state index in [0.717, 1.165) is 38.1 Å². The van der Waals surface area contributed by atoms with Crippen LogP contribution in [0.5, 0.6) is 0 Å². The zero-order chi connectivity index (χ0) is 11.1. The summed E-state index contributed by atoms with van der Waals surface area (Å²) in [4.78, 5) is 14.2. The Labute approximate surface area is 101 Å². The molecule has 4 unspecified atom stereocenters. The van der Waals surface area contributed by atoms with Crippen molar-refractivity contribution in [1.82, 2.24) is 4.90 Å². The van der Waals surface area contributed by atoms with Gasteiger partial charge in [0.05, 0.1) is 11.4 Å². The molecule has 4 atom stereocenters. The van der Waals surface area contributed by atoms with E-state index >= 15 is 0 Å². The first-order chi connectivity index (χ1) is 7.75. The molecule has 16 heavy (non-hydrogen) atoms. The number of nitrogens with zero attached hydrogens (tertiary/aromatic N) is 1. The summed E-state index contributed by atoms with van der Waals surface area (Å²) in [6.45, 7) is 1.71. The molecule has 1 amide bonds. The van der Waals surface area contributed by atoms with Crippen LogP contribution < -0.4 is 0 Å². The van der Waals surface area contributed by atoms with Gasteiger partial charge in [0.25, 0.3) is 0 Å². The van der Waals surface area contributed by atoms with Gasteiger partial charge in [-0.15, -0.1) is 11.8 Å².